The predicted molar refractivity (Wildman–Crippen MR) is 85.8 cm³/mol. The monoisotopic (exact) mass is 313 g/mol. The van der Waals surface area contributed by atoms with Gasteiger partial charge in [-0.1, -0.05) is 6.07 Å². The van der Waals surface area contributed by atoms with E-state index in [1.165, 1.54) is 11.3 Å². The molecule has 0 atom stereocenters. The van der Waals surface area contributed by atoms with Crippen LogP contribution < -0.4 is 0 Å². The summed E-state index contributed by atoms with van der Waals surface area (Å²) in [5, 5.41) is 1.86. The first-order valence-electron chi connectivity index (χ1n) is 6.99. The number of nitrogens with zero attached hydrogens (tertiary/aromatic N) is 1. The lowest BCUT2D eigenvalue weighted by atomic mass is 10.2. The minimum atomic E-state index is -0.407. The van der Waals surface area contributed by atoms with Crippen LogP contribution >= 0.6 is 11.3 Å². The van der Waals surface area contributed by atoms with Crippen LogP contribution in [0.5, 0.6) is 0 Å². The SMILES string of the molecule is CCOC(=O)c1cc(C(=O)c2cccs2)n2ccc(C)cc12. The minimum Gasteiger partial charge on any atom is -0.462 e. The van der Waals surface area contributed by atoms with E-state index >= 15 is 0 Å². The van der Waals surface area contributed by atoms with Crippen molar-refractivity contribution in [3.8, 4) is 0 Å². The van der Waals surface area contributed by atoms with Gasteiger partial charge in [0.25, 0.3) is 0 Å². The number of aromatic nitrogens is 1. The van der Waals surface area contributed by atoms with Crippen molar-refractivity contribution in [2.24, 2.45) is 0 Å². The van der Waals surface area contributed by atoms with Gasteiger partial charge in [-0.3, -0.25) is 4.79 Å². The number of esters is 1. The van der Waals surface area contributed by atoms with E-state index in [4.69, 9.17) is 4.74 Å². The molecule has 3 aromatic rings. The fourth-order valence-corrected chi connectivity index (χ4v) is 3.06. The van der Waals surface area contributed by atoms with Gasteiger partial charge < -0.3 is 9.14 Å². The first-order chi connectivity index (χ1) is 10.6. The van der Waals surface area contributed by atoms with Crippen molar-refractivity contribution in [3.05, 3.63) is 63.6 Å². The lowest BCUT2D eigenvalue weighted by Gasteiger charge is -2.03. The van der Waals surface area contributed by atoms with Gasteiger partial charge >= 0.3 is 5.97 Å². The fourth-order valence-electron chi connectivity index (χ4n) is 2.38. The van der Waals surface area contributed by atoms with E-state index in [1.54, 1.807) is 23.5 Å². The predicted octanol–water partition coefficient (Wildman–Crippen LogP) is 3.72. The normalized spacial score (nSPS) is 10.8. The van der Waals surface area contributed by atoms with Gasteiger partial charge in [0.1, 0.15) is 0 Å². The van der Waals surface area contributed by atoms with Gasteiger partial charge in [-0.2, -0.15) is 0 Å². The Balaban J connectivity index is 2.19. The number of pyridine rings is 1. The van der Waals surface area contributed by atoms with E-state index in [0.717, 1.165) is 5.56 Å². The van der Waals surface area contributed by atoms with E-state index in [-0.39, 0.29) is 5.78 Å². The summed E-state index contributed by atoms with van der Waals surface area (Å²) in [5.74, 6) is -0.500. The standard InChI is InChI=1S/C17H15NO3S/c1-3-21-17(20)12-10-14(16(19)15-5-4-8-22-15)18-7-6-11(2)9-13(12)18/h4-10H,3H2,1-2H3. The molecule has 112 valence electrons. The molecule has 0 amide bonds. The molecule has 0 bridgehead atoms. The molecule has 3 heterocycles. The number of ketones is 1. The van der Waals surface area contributed by atoms with Crippen molar-refractivity contribution < 1.29 is 14.3 Å². The molecular weight excluding hydrogens is 298 g/mol. The Morgan fingerprint density at radius 2 is 2.09 bits per heavy atom. The van der Waals surface area contributed by atoms with Crippen LogP contribution in [0, 0.1) is 6.92 Å². The average molecular weight is 313 g/mol. The first kappa shape index (κ1) is 14.5. The lowest BCUT2D eigenvalue weighted by Crippen LogP contribution is -2.04. The highest BCUT2D eigenvalue weighted by molar-refractivity contribution is 7.12. The first-order valence-corrected chi connectivity index (χ1v) is 7.87. The molecule has 0 N–H and O–H groups in total. The summed E-state index contributed by atoms with van der Waals surface area (Å²) in [7, 11) is 0. The minimum absolute atomic E-state index is 0.0931. The van der Waals surface area contributed by atoms with E-state index in [2.05, 4.69) is 0 Å². The van der Waals surface area contributed by atoms with Gasteiger partial charge in [0.05, 0.1) is 28.3 Å². The molecule has 4 nitrogen and oxygen atoms in total. The molecule has 0 spiro atoms. The van der Waals surface area contributed by atoms with Gasteiger partial charge in [0, 0.05) is 6.20 Å². The summed E-state index contributed by atoms with van der Waals surface area (Å²) >= 11 is 1.39. The van der Waals surface area contributed by atoms with Crippen LogP contribution in [0.25, 0.3) is 5.52 Å². The second kappa shape index (κ2) is 5.77. The molecule has 0 aliphatic carbocycles. The van der Waals surface area contributed by atoms with Crippen LogP contribution in [0.2, 0.25) is 0 Å². The second-order valence-corrected chi connectivity index (χ2v) is 5.88. The van der Waals surface area contributed by atoms with Crippen LogP contribution in [-0.4, -0.2) is 22.8 Å². The van der Waals surface area contributed by atoms with Crippen molar-refractivity contribution in [1.82, 2.24) is 4.40 Å². The summed E-state index contributed by atoms with van der Waals surface area (Å²) < 4.78 is 6.85. The molecule has 0 saturated heterocycles. The molecule has 0 aliphatic heterocycles. The third kappa shape index (κ3) is 2.44. The molecule has 0 aliphatic rings. The van der Waals surface area contributed by atoms with Crippen molar-refractivity contribution in [1.29, 1.82) is 0 Å². The number of hydrogen-bond acceptors (Lipinski definition) is 4. The molecule has 0 aromatic carbocycles. The Kier molecular flexibility index (Phi) is 3.81. The maximum Gasteiger partial charge on any atom is 0.340 e. The Hall–Kier alpha value is -2.40. The largest absolute Gasteiger partial charge is 0.462 e. The number of rotatable bonds is 4. The van der Waals surface area contributed by atoms with Gasteiger partial charge in [-0.05, 0) is 49.1 Å². The Labute approximate surface area is 132 Å². The topological polar surface area (TPSA) is 47.8 Å². The van der Waals surface area contributed by atoms with Gasteiger partial charge in [-0.25, -0.2) is 4.79 Å². The number of ether oxygens (including phenoxy) is 1. The van der Waals surface area contributed by atoms with Crippen molar-refractivity contribution in [2.45, 2.75) is 13.8 Å². The third-order valence-electron chi connectivity index (χ3n) is 3.40. The highest BCUT2D eigenvalue weighted by Gasteiger charge is 2.21. The molecule has 0 radical (unpaired) electrons. The second-order valence-electron chi connectivity index (χ2n) is 4.93. The lowest BCUT2D eigenvalue weighted by molar-refractivity contribution is 0.0529. The number of aryl methyl sites for hydroxylation is 1. The summed E-state index contributed by atoms with van der Waals surface area (Å²) in [6.07, 6.45) is 1.81. The maximum absolute atomic E-state index is 12.6. The number of carbonyl (C=O) groups is 2. The zero-order valence-corrected chi connectivity index (χ0v) is 13.1. The average Bonchev–Trinajstić information content (AvgIpc) is 3.14. The maximum atomic E-state index is 12.6. The van der Waals surface area contributed by atoms with Crippen LogP contribution in [-0.2, 0) is 4.74 Å². The van der Waals surface area contributed by atoms with E-state index in [0.29, 0.717) is 28.3 Å². The molecule has 3 rings (SSSR count). The zero-order chi connectivity index (χ0) is 15.7. The van der Waals surface area contributed by atoms with Gasteiger partial charge in [-0.15, -0.1) is 11.3 Å². The van der Waals surface area contributed by atoms with Crippen molar-refractivity contribution in [3.63, 3.8) is 0 Å². The summed E-state index contributed by atoms with van der Waals surface area (Å²) in [4.78, 5) is 25.4. The quantitative estimate of drug-likeness (QED) is 0.545. The molecule has 0 saturated carbocycles. The molecule has 0 unspecified atom stereocenters. The molecule has 0 fully saturated rings. The number of fused-ring (bicyclic) bond motifs is 1. The van der Waals surface area contributed by atoms with Crippen LogP contribution in [0.4, 0.5) is 0 Å². The highest BCUT2D eigenvalue weighted by Crippen LogP contribution is 2.23. The summed E-state index contributed by atoms with van der Waals surface area (Å²) in [6, 6.07) is 9.04. The number of hydrogen-bond donors (Lipinski definition) is 0. The molecule has 22 heavy (non-hydrogen) atoms. The van der Waals surface area contributed by atoms with E-state index in [9.17, 15) is 9.59 Å². The van der Waals surface area contributed by atoms with E-state index in [1.807, 2.05) is 36.7 Å². The molecule has 5 heteroatoms. The van der Waals surface area contributed by atoms with Gasteiger partial charge in [0.15, 0.2) is 0 Å². The summed E-state index contributed by atoms with van der Waals surface area (Å²) in [5.41, 5.74) is 2.61. The van der Waals surface area contributed by atoms with Crippen LogP contribution in [0.3, 0.4) is 0 Å². The van der Waals surface area contributed by atoms with Gasteiger partial charge in [0.2, 0.25) is 5.78 Å². The van der Waals surface area contributed by atoms with Crippen LogP contribution in [0.15, 0.2) is 41.9 Å². The molecular formula is C17H15NO3S. The Bertz CT molecular complexity index is 846. The van der Waals surface area contributed by atoms with E-state index < -0.39 is 5.97 Å². The Morgan fingerprint density at radius 3 is 2.77 bits per heavy atom. The van der Waals surface area contributed by atoms with Crippen LogP contribution in [0.1, 0.15) is 38.2 Å². The third-order valence-corrected chi connectivity index (χ3v) is 4.27. The fraction of sp³-hybridized carbons (Fsp3) is 0.176. The number of carbonyl (C=O) groups excluding carboxylic acids is 2. The Morgan fingerprint density at radius 1 is 1.27 bits per heavy atom. The summed E-state index contributed by atoms with van der Waals surface area (Å²) in [6.45, 7) is 4.01. The van der Waals surface area contributed by atoms with Crippen molar-refractivity contribution in [2.75, 3.05) is 6.61 Å². The zero-order valence-electron chi connectivity index (χ0n) is 12.3. The number of thiophene rings is 1. The highest BCUT2D eigenvalue weighted by atomic mass is 32.1. The smallest absolute Gasteiger partial charge is 0.340 e. The van der Waals surface area contributed by atoms with Crippen molar-refractivity contribution >= 4 is 28.6 Å². The molecule has 3 aromatic heterocycles.